The number of benzene rings is 4. The van der Waals surface area contributed by atoms with E-state index in [1.807, 2.05) is 36.4 Å². The van der Waals surface area contributed by atoms with Crippen molar-refractivity contribution in [2.24, 2.45) is 0 Å². The first-order valence-corrected chi connectivity index (χ1v) is 12.1. The van der Waals surface area contributed by atoms with Crippen LogP contribution in [-0.2, 0) is 13.2 Å². The molecule has 0 heterocycles. The van der Waals surface area contributed by atoms with Crippen LogP contribution in [-0.4, -0.2) is 17.0 Å². The van der Waals surface area contributed by atoms with Crippen molar-refractivity contribution in [1.29, 1.82) is 0 Å². The molecule has 4 aromatic rings. The molecule has 0 aliphatic heterocycles. The third kappa shape index (κ3) is 6.61. The average Bonchev–Trinajstić information content (AvgIpc) is 2.88. The molecule has 4 aromatic carbocycles. The van der Waals surface area contributed by atoms with Gasteiger partial charge in [-0.25, -0.2) is 4.79 Å². The Hall–Kier alpha value is -4.00. The van der Waals surface area contributed by atoms with Crippen molar-refractivity contribution in [1.82, 2.24) is 0 Å². The maximum atomic E-state index is 13.2. The normalized spacial score (nSPS) is 10.6. The maximum absolute atomic E-state index is 13.2. The Morgan fingerprint density at radius 2 is 1.32 bits per heavy atom. The molecule has 0 fully saturated rings. The van der Waals surface area contributed by atoms with Crippen LogP contribution in [0.5, 0.6) is 11.5 Å². The number of nitrogens with one attached hydrogen (secondary N) is 1. The van der Waals surface area contributed by atoms with Crippen molar-refractivity contribution in [3.05, 3.63) is 123 Å². The second-order valence-electron chi connectivity index (χ2n) is 8.19. The zero-order valence-electron chi connectivity index (χ0n) is 19.8. The Morgan fingerprint density at radius 3 is 1.84 bits per heavy atom. The van der Waals surface area contributed by atoms with Crippen molar-refractivity contribution < 1.29 is 24.2 Å². The van der Waals surface area contributed by atoms with Gasteiger partial charge in [-0.15, -0.1) is 0 Å². The Balaban J connectivity index is 1.61. The number of anilines is 1. The van der Waals surface area contributed by atoms with Gasteiger partial charge in [0.05, 0.1) is 5.56 Å². The molecule has 0 saturated carbocycles. The minimum absolute atomic E-state index is 0.110. The average molecular weight is 536 g/mol. The molecule has 0 radical (unpaired) electrons. The predicted octanol–water partition coefficient (Wildman–Crippen LogP) is 7.41. The van der Waals surface area contributed by atoms with Crippen LogP contribution in [0, 0.1) is 6.92 Å². The van der Waals surface area contributed by atoms with Crippen LogP contribution in [0.2, 0.25) is 10.0 Å². The third-order valence-electron chi connectivity index (χ3n) is 5.66. The molecule has 0 atom stereocenters. The number of hydrogen-bond acceptors (Lipinski definition) is 4. The molecule has 0 aliphatic carbocycles. The molecule has 6 nitrogen and oxygen atoms in total. The number of aromatic carboxylic acids is 1. The largest absolute Gasteiger partial charge is 0.489 e. The van der Waals surface area contributed by atoms with E-state index in [-0.39, 0.29) is 24.3 Å². The van der Waals surface area contributed by atoms with Gasteiger partial charge < -0.3 is 19.9 Å². The molecule has 0 unspecified atom stereocenters. The Bertz CT molecular complexity index is 1390. The number of ether oxygens (including phenoxy) is 2. The minimum atomic E-state index is -1.07. The number of hydrogen-bond donors (Lipinski definition) is 2. The van der Waals surface area contributed by atoms with E-state index in [0.29, 0.717) is 32.8 Å². The van der Waals surface area contributed by atoms with Gasteiger partial charge in [-0.1, -0.05) is 65.7 Å². The summed E-state index contributed by atoms with van der Waals surface area (Å²) >= 11 is 12.5. The summed E-state index contributed by atoms with van der Waals surface area (Å²) in [5.74, 6) is -0.717. The summed E-state index contributed by atoms with van der Waals surface area (Å²) in [7, 11) is 0. The zero-order valence-corrected chi connectivity index (χ0v) is 21.3. The van der Waals surface area contributed by atoms with E-state index in [4.69, 9.17) is 32.7 Å². The highest BCUT2D eigenvalue weighted by Gasteiger charge is 2.16. The number of halogens is 2. The molecule has 188 valence electrons. The lowest BCUT2D eigenvalue weighted by atomic mass is 10.1. The smallest absolute Gasteiger partial charge is 0.336 e. The number of carbonyl (C=O) groups is 2. The van der Waals surface area contributed by atoms with Gasteiger partial charge in [0, 0.05) is 38.5 Å². The van der Waals surface area contributed by atoms with Crippen LogP contribution >= 0.6 is 23.2 Å². The van der Waals surface area contributed by atoms with E-state index < -0.39 is 11.9 Å². The van der Waals surface area contributed by atoms with Gasteiger partial charge in [0.15, 0.2) is 0 Å². The number of carboxylic acid groups (broad SMARTS) is 1. The van der Waals surface area contributed by atoms with Crippen LogP contribution in [0.25, 0.3) is 0 Å². The SMILES string of the molecule is Cc1c(NC(=O)c2cc(OCc3ccccc3Cl)cc(OCc3ccccc3Cl)c2)cccc1C(=O)O. The van der Waals surface area contributed by atoms with Crippen molar-refractivity contribution >= 4 is 40.8 Å². The number of carboxylic acids is 1. The highest BCUT2D eigenvalue weighted by atomic mass is 35.5. The van der Waals surface area contributed by atoms with Gasteiger partial charge in [0.2, 0.25) is 0 Å². The summed E-state index contributed by atoms with van der Waals surface area (Å²) in [5.41, 5.74) is 2.80. The first kappa shape index (κ1) is 26.1. The summed E-state index contributed by atoms with van der Waals surface area (Å²) in [4.78, 5) is 24.7. The molecular formula is C29H23Cl2NO5. The molecule has 0 aromatic heterocycles. The molecule has 0 spiro atoms. The van der Waals surface area contributed by atoms with Crippen LogP contribution in [0.15, 0.2) is 84.9 Å². The maximum Gasteiger partial charge on any atom is 0.336 e. The van der Waals surface area contributed by atoms with Gasteiger partial charge in [-0.2, -0.15) is 0 Å². The van der Waals surface area contributed by atoms with Gasteiger partial charge in [-0.3, -0.25) is 4.79 Å². The molecule has 8 heteroatoms. The van der Waals surface area contributed by atoms with Gasteiger partial charge >= 0.3 is 5.97 Å². The lowest BCUT2D eigenvalue weighted by molar-refractivity contribution is 0.0695. The first-order chi connectivity index (χ1) is 17.8. The second kappa shape index (κ2) is 11.8. The lowest BCUT2D eigenvalue weighted by Crippen LogP contribution is -2.14. The Labute approximate surface area is 224 Å². The molecular weight excluding hydrogens is 513 g/mol. The first-order valence-electron chi connectivity index (χ1n) is 11.3. The van der Waals surface area contributed by atoms with E-state index in [2.05, 4.69) is 5.32 Å². The quantitative estimate of drug-likeness (QED) is 0.233. The van der Waals surface area contributed by atoms with Crippen molar-refractivity contribution in [3.8, 4) is 11.5 Å². The second-order valence-corrected chi connectivity index (χ2v) is 9.01. The molecule has 0 aliphatic rings. The Morgan fingerprint density at radius 1 is 0.784 bits per heavy atom. The molecule has 4 rings (SSSR count). The fourth-order valence-electron chi connectivity index (χ4n) is 3.62. The van der Waals surface area contributed by atoms with Crippen LogP contribution in [0.4, 0.5) is 5.69 Å². The van der Waals surface area contributed by atoms with E-state index in [1.54, 1.807) is 49.4 Å². The summed E-state index contributed by atoms with van der Waals surface area (Å²) in [5, 5.41) is 13.3. The summed E-state index contributed by atoms with van der Waals surface area (Å²) in [6, 6.07) is 24.2. The predicted molar refractivity (Wildman–Crippen MR) is 144 cm³/mol. The topological polar surface area (TPSA) is 84.9 Å². The summed E-state index contributed by atoms with van der Waals surface area (Å²) < 4.78 is 11.9. The number of carbonyl (C=O) groups excluding carboxylic acids is 1. The van der Waals surface area contributed by atoms with E-state index in [9.17, 15) is 14.7 Å². The molecule has 1 amide bonds. The van der Waals surface area contributed by atoms with Gasteiger partial charge in [0.25, 0.3) is 5.91 Å². The standard InChI is InChI=1S/C29H23Cl2NO5/c1-18-24(29(34)35)9-6-12-27(18)32-28(33)21-13-22(36-16-19-7-2-4-10-25(19)30)15-23(14-21)37-17-20-8-3-5-11-26(20)31/h2-15H,16-17H2,1H3,(H,32,33)(H,34,35). The molecule has 37 heavy (non-hydrogen) atoms. The van der Waals surface area contributed by atoms with Crippen LogP contribution in [0.1, 0.15) is 37.4 Å². The van der Waals surface area contributed by atoms with E-state index in [1.165, 1.54) is 6.07 Å². The molecule has 0 saturated heterocycles. The van der Waals surface area contributed by atoms with Crippen molar-refractivity contribution in [2.45, 2.75) is 20.1 Å². The monoisotopic (exact) mass is 535 g/mol. The summed E-state index contributed by atoms with van der Waals surface area (Å²) in [6.45, 7) is 2.02. The third-order valence-corrected chi connectivity index (χ3v) is 6.40. The lowest BCUT2D eigenvalue weighted by Gasteiger charge is -2.15. The van der Waals surface area contributed by atoms with Crippen LogP contribution < -0.4 is 14.8 Å². The zero-order chi connectivity index (χ0) is 26.4. The molecule has 2 N–H and O–H groups in total. The number of amides is 1. The molecule has 0 bridgehead atoms. The fraction of sp³-hybridized carbons (Fsp3) is 0.103. The highest BCUT2D eigenvalue weighted by Crippen LogP contribution is 2.28. The van der Waals surface area contributed by atoms with Crippen molar-refractivity contribution in [3.63, 3.8) is 0 Å². The number of rotatable bonds is 9. The fourth-order valence-corrected chi connectivity index (χ4v) is 4.00. The summed E-state index contributed by atoms with van der Waals surface area (Å²) in [6.07, 6.45) is 0. The van der Waals surface area contributed by atoms with Crippen LogP contribution in [0.3, 0.4) is 0 Å². The van der Waals surface area contributed by atoms with E-state index >= 15 is 0 Å². The van der Waals surface area contributed by atoms with Crippen molar-refractivity contribution in [2.75, 3.05) is 5.32 Å². The Kier molecular flexibility index (Phi) is 8.33. The van der Waals surface area contributed by atoms with E-state index in [0.717, 1.165) is 11.1 Å². The minimum Gasteiger partial charge on any atom is -0.489 e. The highest BCUT2D eigenvalue weighted by molar-refractivity contribution is 6.31. The van der Waals surface area contributed by atoms with Gasteiger partial charge in [-0.05, 0) is 48.9 Å². The van der Waals surface area contributed by atoms with Gasteiger partial charge in [0.1, 0.15) is 24.7 Å².